The van der Waals surface area contributed by atoms with E-state index in [1.165, 1.54) is 4.90 Å². The molecular weight excluding hydrogens is 351 g/mol. The summed E-state index contributed by atoms with van der Waals surface area (Å²) in [5.74, 6) is 0.353. The summed E-state index contributed by atoms with van der Waals surface area (Å²) in [6.45, 7) is 0.956. The lowest BCUT2D eigenvalue weighted by Crippen LogP contribution is -3.05. The van der Waals surface area contributed by atoms with E-state index in [0.29, 0.717) is 5.75 Å². The number of quaternary nitrogens is 1. The zero-order chi connectivity index (χ0) is 18.6. The molecule has 3 aromatic rings. The molecule has 1 aromatic heterocycles. The van der Waals surface area contributed by atoms with E-state index in [2.05, 4.69) is 19.1 Å². The van der Waals surface area contributed by atoms with Crippen LogP contribution in [0.15, 0.2) is 54.7 Å². The van der Waals surface area contributed by atoms with Crippen molar-refractivity contribution in [2.45, 2.75) is 13.0 Å². The van der Waals surface area contributed by atoms with E-state index in [9.17, 15) is 9.46 Å². The second kappa shape index (κ2) is 8.06. The number of likely N-dealkylation sites (N-methyl/N-ethyl adjacent to an activating group) is 1. The van der Waals surface area contributed by atoms with Gasteiger partial charge in [0.1, 0.15) is 5.75 Å². The van der Waals surface area contributed by atoms with Gasteiger partial charge >= 0.3 is 7.82 Å². The van der Waals surface area contributed by atoms with Gasteiger partial charge in [-0.25, -0.2) is 4.57 Å². The van der Waals surface area contributed by atoms with Gasteiger partial charge in [0.2, 0.25) is 0 Å². The summed E-state index contributed by atoms with van der Waals surface area (Å²) in [4.78, 5) is 14.7. The Hall–Kier alpha value is -2.11. The molecule has 138 valence electrons. The summed E-state index contributed by atoms with van der Waals surface area (Å²) >= 11 is 0. The molecule has 3 N–H and O–H groups in total. The van der Waals surface area contributed by atoms with Crippen molar-refractivity contribution in [2.24, 2.45) is 0 Å². The molecule has 0 saturated carbocycles. The SMILES string of the molecule is C[NH+](C)CCc1c[nH]c2cccc(OP(=O)(O)OCc3ccccc3)c12. The highest BCUT2D eigenvalue weighted by Crippen LogP contribution is 2.47. The standard InChI is InChI=1S/C19H23N2O4P/c1-21(2)12-11-16-13-20-17-9-6-10-18(19(16)17)25-26(22,23)24-14-15-7-4-3-5-8-15/h3-10,13,20H,11-12,14H2,1-2H3,(H,22,23)/p+1. The van der Waals surface area contributed by atoms with E-state index in [4.69, 9.17) is 9.05 Å². The van der Waals surface area contributed by atoms with E-state index in [1.807, 2.05) is 42.6 Å². The lowest BCUT2D eigenvalue weighted by atomic mass is 10.1. The predicted octanol–water partition coefficient (Wildman–Crippen LogP) is 2.55. The van der Waals surface area contributed by atoms with E-state index < -0.39 is 7.82 Å². The van der Waals surface area contributed by atoms with Crippen molar-refractivity contribution in [2.75, 3.05) is 20.6 Å². The Labute approximate surface area is 153 Å². The minimum Gasteiger partial charge on any atom is -0.403 e. The summed E-state index contributed by atoms with van der Waals surface area (Å²) in [5, 5.41) is 0.825. The van der Waals surface area contributed by atoms with Crippen LogP contribution in [0.2, 0.25) is 0 Å². The molecule has 0 aliphatic rings. The van der Waals surface area contributed by atoms with Gasteiger partial charge in [0.25, 0.3) is 0 Å². The third-order valence-corrected chi connectivity index (χ3v) is 4.98. The minimum atomic E-state index is -4.24. The van der Waals surface area contributed by atoms with Crippen molar-refractivity contribution in [1.29, 1.82) is 0 Å². The summed E-state index contributed by atoms with van der Waals surface area (Å²) < 4.78 is 23.0. The first-order chi connectivity index (χ1) is 12.4. The zero-order valence-electron chi connectivity index (χ0n) is 14.9. The van der Waals surface area contributed by atoms with Crippen molar-refractivity contribution in [3.8, 4) is 5.75 Å². The summed E-state index contributed by atoms with van der Waals surface area (Å²) in [6, 6.07) is 14.6. The summed E-state index contributed by atoms with van der Waals surface area (Å²) in [5.41, 5.74) is 2.73. The third-order valence-electron chi connectivity index (χ3n) is 4.09. The van der Waals surface area contributed by atoms with Gasteiger partial charge in [-0.05, 0) is 23.3 Å². The van der Waals surface area contributed by atoms with Crippen LogP contribution in [0, 0.1) is 0 Å². The van der Waals surface area contributed by atoms with Crippen LogP contribution in [0.4, 0.5) is 0 Å². The summed E-state index contributed by atoms with van der Waals surface area (Å²) in [6.07, 6.45) is 2.76. The van der Waals surface area contributed by atoms with Gasteiger partial charge in [-0.15, -0.1) is 0 Å². The number of rotatable bonds is 8. The van der Waals surface area contributed by atoms with Crippen molar-refractivity contribution in [1.82, 2.24) is 4.98 Å². The molecule has 26 heavy (non-hydrogen) atoms. The van der Waals surface area contributed by atoms with Crippen LogP contribution in [0.1, 0.15) is 11.1 Å². The smallest absolute Gasteiger partial charge is 0.403 e. The average Bonchev–Trinajstić information content (AvgIpc) is 3.03. The molecule has 1 unspecified atom stereocenters. The lowest BCUT2D eigenvalue weighted by molar-refractivity contribution is -0.858. The molecule has 3 rings (SSSR count). The van der Waals surface area contributed by atoms with E-state index in [0.717, 1.165) is 35.0 Å². The number of fused-ring (bicyclic) bond motifs is 1. The van der Waals surface area contributed by atoms with Gasteiger partial charge in [0, 0.05) is 23.5 Å². The number of aromatic nitrogens is 1. The van der Waals surface area contributed by atoms with Gasteiger partial charge in [0.15, 0.2) is 0 Å². The molecular formula is C19H24N2O4P+. The zero-order valence-corrected chi connectivity index (χ0v) is 15.8. The van der Waals surface area contributed by atoms with Crippen molar-refractivity contribution >= 4 is 18.7 Å². The monoisotopic (exact) mass is 375 g/mol. The van der Waals surface area contributed by atoms with Crippen LogP contribution in [0.5, 0.6) is 5.75 Å². The number of aromatic amines is 1. The fraction of sp³-hybridized carbons (Fsp3) is 0.263. The molecule has 0 fully saturated rings. The number of benzene rings is 2. The number of phosphoric acid groups is 1. The third kappa shape index (κ3) is 4.74. The van der Waals surface area contributed by atoms with Gasteiger partial charge in [-0.3, -0.25) is 9.42 Å². The van der Waals surface area contributed by atoms with Crippen molar-refractivity contribution in [3.05, 3.63) is 65.9 Å². The van der Waals surface area contributed by atoms with Gasteiger partial charge < -0.3 is 14.4 Å². The lowest BCUT2D eigenvalue weighted by Gasteiger charge is -2.15. The Morgan fingerprint density at radius 3 is 2.62 bits per heavy atom. The number of phosphoric ester groups is 1. The first kappa shape index (κ1) is 18.7. The first-order valence-electron chi connectivity index (χ1n) is 8.53. The average molecular weight is 375 g/mol. The van der Waals surface area contributed by atoms with Crippen molar-refractivity contribution in [3.63, 3.8) is 0 Å². The topological polar surface area (TPSA) is 76.0 Å². The van der Waals surface area contributed by atoms with E-state index >= 15 is 0 Å². The molecule has 7 heteroatoms. The van der Waals surface area contributed by atoms with Crippen LogP contribution in [0.3, 0.4) is 0 Å². The van der Waals surface area contributed by atoms with Crippen LogP contribution in [-0.4, -0.2) is 30.5 Å². The molecule has 0 saturated heterocycles. The molecule has 0 bridgehead atoms. The van der Waals surface area contributed by atoms with E-state index in [-0.39, 0.29) is 6.61 Å². The van der Waals surface area contributed by atoms with Gasteiger partial charge in [0.05, 0.1) is 27.2 Å². The maximum Gasteiger partial charge on any atom is 0.527 e. The maximum absolute atomic E-state index is 12.4. The largest absolute Gasteiger partial charge is 0.527 e. The second-order valence-electron chi connectivity index (χ2n) is 6.52. The van der Waals surface area contributed by atoms with Crippen LogP contribution >= 0.6 is 7.82 Å². The predicted molar refractivity (Wildman–Crippen MR) is 101 cm³/mol. The highest BCUT2D eigenvalue weighted by Gasteiger charge is 2.25. The number of hydrogen-bond donors (Lipinski definition) is 3. The molecule has 0 radical (unpaired) electrons. The number of nitrogens with one attached hydrogen (secondary N) is 2. The fourth-order valence-electron chi connectivity index (χ4n) is 2.76. The molecule has 6 nitrogen and oxygen atoms in total. The second-order valence-corrected chi connectivity index (χ2v) is 7.90. The fourth-order valence-corrected chi connectivity index (χ4v) is 3.52. The Kier molecular flexibility index (Phi) is 5.79. The summed E-state index contributed by atoms with van der Waals surface area (Å²) in [7, 11) is -0.0590. The van der Waals surface area contributed by atoms with Crippen LogP contribution < -0.4 is 9.42 Å². The molecule has 0 amide bonds. The molecule has 2 aromatic carbocycles. The Morgan fingerprint density at radius 1 is 1.12 bits per heavy atom. The highest BCUT2D eigenvalue weighted by atomic mass is 31.2. The molecule has 1 heterocycles. The van der Waals surface area contributed by atoms with Crippen LogP contribution in [0.25, 0.3) is 10.9 Å². The van der Waals surface area contributed by atoms with Crippen LogP contribution in [-0.2, 0) is 22.1 Å². The molecule has 0 aliphatic heterocycles. The van der Waals surface area contributed by atoms with Gasteiger partial charge in [-0.2, -0.15) is 0 Å². The van der Waals surface area contributed by atoms with Crippen molar-refractivity contribution < 1.29 is 23.4 Å². The molecule has 1 atom stereocenters. The first-order valence-corrected chi connectivity index (χ1v) is 10.0. The normalized spacial score (nSPS) is 13.8. The number of H-pyrrole nitrogens is 1. The molecule has 0 spiro atoms. The minimum absolute atomic E-state index is 0.00851. The molecule has 0 aliphatic carbocycles. The van der Waals surface area contributed by atoms with Gasteiger partial charge in [-0.1, -0.05) is 36.4 Å². The quantitative estimate of drug-likeness (QED) is 0.529. The Bertz CT molecular complexity index is 908. The highest BCUT2D eigenvalue weighted by molar-refractivity contribution is 7.47. The Balaban J connectivity index is 1.78. The maximum atomic E-state index is 12.4. The van der Waals surface area contributed by atoms with E-state index in [1.54, 1.807) is 12.1 Å². The number of hydrogen-bond acceptors (Lipinski definition) is 3. The Morgan fingerprint density at radius 2 is 1.88 bits per heavy atom.